The van der Waals surface area contributed by atoms with Crippen LogP contribution in [0.5, 0.6) is 0 Å². The molecular formula is C10H9FINO2. The van der Waals surface area contributed by atoms with Gasteiger partial charge in [0, 0.05) is 15.6 Å². The Morgan fingerprint density at radius 2 is 2.33 bits per heavy atom. The van der Waals surface area contributed by atoms with E-state index in [1.165, 1.54) is 6.07 Å². The number of hydrogen-bond donors (Lipinski definition) is 1. The lowest BCUT2D eigenvalue weighted by Gasteiger charge is -2.24. The number of amides is 1. The van der Waals surface area contributed by atoms with Gasteiger partial charge in [-0.3, -0.25) is 0 Å². The predicted octanol–water partition coefficient (Wildman–Crippen LogP) is 2.60. The molecule has 80 valence electrons. The third-order valence-electron chi connectivity index (χ3n) is 2.27. The standard InChI is InChI=1S/C10H9FINO2/c11-8-2-1-6(12)5-7(8)9-3-4-15-10(14)13-9/h1-2,5,9H,3-4H2,(H,13,14)/t9-/m0/s1. The Labute approximate surface area is 100 Å². The van der Waals surface area contributed by atoms with E-state index in [1.54, 1.807) is 12.1 Å². The Morgan fingerprint density at radius 3 is 3.07 bits per heavy atom. The minimum absolute atomic E-state index is 0.277. The van der Waals surface area contributed by atoms with Crippen LogP contribution in [0.3, 0.4) is 0 Å². The van der Waals surface area contributed by atoms with Crippen molar-refractivity contribution in [1.82, 2.24) is 5.32 Å². The van der Waals surface area contributed by atoms with Crippen LogP contribution in [0.1, 0.15) is 18.0 Å². The van der Waals surface area contributed by atoms with E-state index in [1.807, 2.05) is 0 Å². The fourth-order valence-electron chi connectivity index (χ4n) is 1.54. The maximum absolute atomic E-state index is 13.5. The molecule has 1 saturated heterocycles. The number of rotatable bonds is 1. The fourth-order valence-corrected chi connectivity index (χ4v) is 2.06. The Morgan fingerprint density at radius 1 is 1.53 bits per heavy atom. The maximum atomic E-state index is 13.5. The summed E-state index contributed by atoms with van der Waals surface area (Å²) < 4.78 is 19.2. The predicted molar refractivity (Wildman–Crippen MR) is 61.0 cm³/mol. The molecule has 1 atom stereocenters. The summed E-state index contributed by atoms with van der Waals surface area (Å²) in [4.78, 5) is 11.0. The first kappa shape index (κ1) is 10.7. The minimum atomic E-state index is -0.482. The molecule has 1 aromatic carbocycles. The van der Waals surface area contributed by atoms with Crippen molar-refractivity contribution in [3.8, 4) is 0 Å². The van der Waals surface area contributed by atoms with Crippen molar-refractivity contribution >= 4 is 28.7 Å². The number of benzene rings is 1. The van der Waals surface area contributed by atoms with Crippen molar-refractivity contribution < 1.29 is 13.9 Å². The number of hydrogen-bond acceptors (Lipinski definition) is 2. The zero-order chi connectivity index (χ0) is 10.8. The highest BCUT2D eigenvalue weighted by molar-refractivity contribution is 14.1. The Bertz CT molecular complexity index is 397. The first-order valence-corrected chi connectivity index (χ1v) is 5.63. The first-order chi connectivity index (χ1) is 7.16. The number of carbonyl (C=O) groups excluding carboxylic acids is 1. The summed E-state index contributed by atoms with van der Waals surface area (Å²) in [5, 5.41) is 2.60. The zero-order valence-electron chi connectivity index (χ0n) is 7.80. The number of cyclic esters (lactones) is 1. The number of alkyl carbamates (subject to hydrolysis) is 1. The van der Waals surface area contributed by atoms with Crippen molar-refractivity contribution in [2.24, 2.45) is 0 Å². The van der Waals surface area contributed by atoms with Gasteiger partial charge in [0.1, 0.15) is 5.82 Å². The minimum Gasteiger partial charge on any atom is -0.449 e. The average Bonchev–Trinajstić information content (AvgIpc) is 2.22. The van der Waals surface area contributed by atoms with Gasteiger partial charge >= 0.3 is 6.09 Å². The maximum Gasteiger partial charge on any atom is 0.407 e. The van der Waals surface area contributed by atoms with Gasteiger partial charge in [-0.15, -0.1) is 0 Å². The van der Waals surface area contributed by atoms with Crippen molar-refractivity contribution in [1.29, 1.82) is 0 Å². The second-order valence-corrected chi connectivity index (χ2v) is 4.53. The molecule has 1 aliphatic heterocycles. The molecule has 15 heavy (non-hydrogen) atoms. The van der Waals surface area contributed by atoms with E-state index in [4.69, 9.17) is 4.74 Å². The highest BCUT2D eigenvalue weighted by atomic mass is 127. The second kappa shape index (κ2) is 4.34. The molecule has 1 heterocycles. The summed E-state index contributed by atoms with van der Waals surface area (Å²) in [7, 11) is 0. The third-order valence-corrected chi connectivity index (χ3v) is 2.94. The van der Waals surface area contributed by atoms with Gasteiger partial charge in [-0.25, -0.2) is 9.18 Å². The van der Waals surface area contributed by atoms with Crippen LogP contribution in [0, 0.1) is 9.39 Å². The summed E-state index contributed by atoms with van der Waals surface area (Å²) in [6.45, 7) is 0.335. The Hall–Kier alpha value is -0.850. The Kier molecular flexibility index (Phi) is 3.08. The van der Waals surface area contributed by atoms with Gasteiger partial charge in [0.25, 0.3) is 0 Å². The summed E-state index contributed by atoms with van der Waals surface area (Å²) in [6.07, 6.45) is 0.118. The molecule has 1 fully saturated rings. The number of carbonyl (C=O) groups is 1. The van der Waals surface area contributed by atoms with Gasteiger partial charge in [0.15, 0.2) is 0 Å². The van der Waals surface area contributed by atoms with Crippen molar-refractivity contribution in [2.75, 3.05) is 6.61 Å². The lowest BCUT2D eigenvalue weighted by Crippen LogP contribution is -2.35. The lowest BCUT2D eigenvalue weighted by atomic mass is 10.0. The molecular weight excluding hydrogens is 312 g/mol. The summed E-state index contributed by atoms with van der Waals surface area (Å²) in [5.41, 5.74) is 0.526. The average molecular weight is 321 g/mol. The van der Waals surface area contributed by atoms with Crippen molar-refractivity contribution in [3.63, 3.8) is 0 Å². The molecule has 5 heteroatoms. The van der Waals surface area contributed by atoms with E-state index >= 15 is 0 Å². The quantitative estimate of drug-likeness (QED) is 0.808. The molecule has 1 aromatic rings. The van der Waals surface area contributed by atoms with Crippen LogP contribution < -0.4 is 5.32 Å². The second-order valence-electron chi connectivity index (χ2n) is 3.29. The molecule has 0 spiro atoms. The van der Waals surface area contributed by atoms with Gasteiger partial charge in [-0.1, -0.05) is 0 Å². The first-order valence-electron chi connectivity index (χ1n) is 4.55. The Balaban J connectivity index is 2.27. The van der Waals surface area contributed by atoms with Gasteiger partial charge in [-0.05, 0) is 40.8 Å². The van der Waals surface area contributed by atoms with Crippen molar-refractivity contribution in [2.45, 2.75) is 12.5 Å². The smallest absolute Gasteiger partial charge is 0.407 e. The molecule has 2 rings (SSSR count). The molecule has 0 bridgehead atoms. The summed E-state index contributed by atoms with van der Waals surface area (Å²) in [5.74, 6) is -0.289. The monoisotopic (exact) mass is 321 g/mol. The van der Waals surface area contributed by atoms with E-state index in [0.29, 0.717) is 18.6 Å². The van der Waals surface area contributed by atoms with E-state index in [9.17, 15) is 9.18 Å². The van der Waals surface area contributed by atoms with Crippen molar-refractivity contribution in [3.05, 3.63) is 33.1 Å². The third kappa shape index (κ3) is 2.39. The SMILES string of the molecule is O=C1N[C@H](c2cc(I)ccc2F)CCO1. The van der Waals surface area contributed by atoms with Gasteiger partial charge < -0.3 is 10.1 Å². The highest BCUT2D eigenvalue weighted by Gasteiger charge is 2.23. The van der Waals surface area contributed by atoms with Crippen LogP contribution in [0.15, 0.2) is 18.2 Å². The number of ether oxygens (including phenoxy) is 1. The molecule has 1 amide bonds. The zero-order valence-corrected chi connectivity index (χ0v) is 9.95. The van der Waals surface area contributed by atoms with Crippen LogP contribution in [0.25, 0.3) is 0 Å². The molecule has 1 aliphatic rings. The van der Waals surface area contributed by atoms with Crippen LogP contribution in [-0.2, 0) is 4.74 Å². The molecule has 0 aromatic heterocycles. The summed E-state index contributed by atoms with van der Waals surface area (Å²) >= 11 is 2.11. The van der Waals surface area contributed by atoms with Crippen LogP contribution in [0.4, 0.5) is 9.18 Å². The van der Waals surface area contributed by atoms with E-state index < -0.39 is 6.09 Å². The van der Waals surface area contributed by atoms with Gasteiger partial charge in [0.2, 0.25) is 0 Å². The van der Waals surface area contributed by atoms with E-state index in [-0.39, 0.29) is 11.9 Å². The molecule has 1 N–H and O–H groups in total. The molecule has 0 saturated carbocycles. The van der Waals surface area contributed by atoms with E-state index in [0.717, 1.165) is 3.57 Å². The topological polar surface area (TPSA) is 38.3 Å². The lowest BCUT2D eigenvalue weighted by molar-refractivity contribution is 0.115. The van der Waals surface area contributed by atoms with E-state index in [2.05, 4.69) is 27.9 Å². The molecule has 0 aliphatic carbocycles. The normalized spacial score (nSPS) is 20.7. The molecule has 0 unspecified atom stereocenters. The summed E-state index contributed by atoms with van der Waals surface area (Å²) in [6, 6.07) is 4.58. The van der Waals surface area contributed by atoms with Crippen LogP contribution in [0.2, 0.25) is 0 Å². The highest BCUT2D eigenvalue weighted by Crippen LogP contribution is 2.24. The largest absolute Gasteiger partial charge is 0.449 e. The number of halogens is 2. The number of nitrogens with one attached hydrogen (secondary N) is 1. The van der Waals surface area contributed by atoms with Gasteiger partial charge in [0.05, 0.1) is 12.6 Å². The van der Waals surface area contributed by atoms with Gasteiger partial charge in [-0.2, -0.15) is 0 Å². The molecule has 0 radical (unpaired) electrons. The van der Waals surface area contributed by atoms with Crippen LogP contribution in [-0.4, -0.2) is 12.7 Å². The fraction of sp³-hybridized carbons (Fsp3) is 0.300. The molecule has 3 nitrogen and oxygen atoms in total. The van der Waals surface area contributed by atoms with Crippen LogP contribution >= 0.6 is 22.6 Å².